The van der Waals surface area contributed by atoms with Crippen molar-refractivity contribution in [3.8, 4) is 0 Å². The zero-order valence-electron chi connectivity index (χ0n) is 8.05. The molecule has 0 aromatic heterocycles. The Kier molecular flexibility index (Phi) is 4.38. The lowest BCUT2D eigenvalue weighted by atomic mass is 9.80. The Hall–Kier alpha value is 0.250. The summed E-state index contributed by atoms with van der Waals surface area (Å²) in [6.45, 7) is 5.37. The molecular formula is C10H19ClO. The van der Waals surface area contributed by atoms with Gasteiger partial charge in [0.2, 0.25) is 0 Å². The molecule has 0 heterocycles. The van der Waals surface area contributed by atoms with Crippen LogP contribution in [0.5, 0.6) is 0 Å². The first kappa shape index (κ1) is 10.3. The standard InChI is InChI=1S/C10H19ClO/c1-8-3-4-10(7-9(8)2)12-6-5-11/h8-10H,3-7H2,1-2H3. The van der Waals surface area contributed by atoms with Crippen molar-refractivity contribution in [1.82, 2.24) is 0 Å². The summed E-state index contributed by atoms with van der Waals surface area (Å²) in [7, 11) is 0. The molecule has 3 unspecified atom stereocenters. The molecule has 1 fully saturated rings. The molecule has 1 saturated carbocycles. The van der Waals surface area contributed by atoms with Crippen LogP contribution < -0.4 is 0 Å². The molecule has 0 aliphatic heterocycles. The summed E-state index contributed by atoms with van der Waals surface area (Å²) >= 11 is 5.56. The second-order valence-corrected chi connectivity index (χ2v) is 4.33. The number of hydrogen-bond donors (Lipinski definition) is 0. The van der Waals surface area contributed by atoms with Crippen molar-refractivity contribution in [2.75, 3.05) is 12.5 Å². The molecule has 0 radical (unpaired) electrons. The number of halogens is 1. The van der Waals surface area contributed by atoms with Crippen molar-refractivity contribution >= 4 is 11.6 Å². The molecule has 0 bridgehead atoms. The smallest absolute Gasteiger partial charge is 0.0605 e. The van der Waals surface area contributed by atoms with Crippen molar-refractivity contribution < 1.29 is 4.74 Å². The van der Waals surface area contributed by atoms with Gasteiger partial charge in [-0.3, -0.25) is 0 Å². The van der Waals surface area contributed by atoms with E-state index in [0.29, 0.717) is 18.6 Å². The van der Waals surface area contributed by atoms with E-state index in [2.05, 4.69) is 13.8 Å². The lowest BCUT2D eigenvalue weighted by Crippen LogP contribution is -2.27. The molecule has 0 saturated heterocycles. The predicted octanol–water partition coefficient (Wildman–Crippen LogP) is 3.07. The summed E-state index contributed by atoms with van der Waals surface area (Å²) < 4.78 is 5.62. The molecule has 0 spiro atoms. The Labute approximate surface area is 80.4 Å². The summed E-state index contributed by atoms with van der Waals surface area (Å²) in [5.74, 6) is 2.32. The Morgan fingerprint density at radius 3 is 2.58 bits per heavy atom. The molecular weight excluding hydrogens is 172 g/mol. The average Bonchev–Trinajstić information content (AvgIpc) is 2.07. The Balaban J connectivity index is 2.21. The van der Waals surface area contributed by atoms with Crippen LogP contribution in [0, 0.1) is 11.8 Å². The normalized spacial score (nSPS) is 36.8. The first-order chi connectivity index (χ1) is 5.74. The van der Waals surface area contributed by atoms with E-state index in [1.807, 2.05) is 0 Å². The first-order valence-corrected chi connectivity index (χ1v) is 5.45. The van der Waals surface area contributed by atoms with E-state index in [1.54, 1.807) is 0 Å². The fourth-order valence-corrected chi connectivity index (χ4v) is 1.95. The second kappa shape index (κ2) is 5.08. The number of ether oxygens (including phenoxy) is 1. The van der Waals surface area contributed by atoms with Crippen LogP contribution in [0.1, 0.15) is 33.1 Å². The van der Waals surface area contributed by atoms with Crippen LogP contribution in [0.25, 0.3) is 0 Å². The largest absolute Gasteiger partial charge is 0.377 e. The monoisotopic (exact) mass is 190 g/mol. The fraction of sp³-hybridized carbons (Fsp3) is 1.00. The maximum Gasteiger partial charge on any atom is 0.0605 e. The minimum atomic E-state index is 0.481. The van der Waals surface area contributed by atoms with E-state index >= 15 is 0 Å². The Bertz CT molecular complexity index is 125. The highest BCUT2D eigenvalue weighted by atomic mass is 35.5. The second-order valence-electron chi connectivity index (χ2n) is 3.95. The van der Waals surface area contributed by atoms with Crippen LogP contribution in [0.2, 0.25) is 0 Å². The molecule has 0 amide bonds. The van der Waals surface area contributed by atoms with E-state index in [-0.39, 0.29) is 0 Å². The van der Waals surface area contributed by atoms with E-state index in [9.17, 15) is 0 Å². The van der Waals surface area contributed by atoms with Crippen molar-refractivity contribution in [3.63, 3.8) is 0 Å². The highest BCUT2D eigenvalue weighted by Crippen LogP contribution is 2.30. The maximum atomic E-state index is 5.62. The molecule has 1 nitrogen and oxygen atoms in total. The van der Waals surface area contributed by atoms with Crippen molar-refractivity contribution in [3.05, 3.63) is 0 Å². The summed E-state index contributed by atoms with van der Waals surface area (Å²) in [5, 5.41) is 0. The zero-order chi connectivity index (χ0) is 8.97. The zero-order valence-corrected chi connectivity index (χ0v) is 8.81. The van der Waals surface area contributed by atoms with Crippen molar-refractivity contribution in [2.24, 2.45) is 11.8 Å². The van der Waals surface area contributed by atoms with Crippen LogP contribution in [-0.2, 0) is 4.74 Å². The van der Waals surface area contributed by atoms with Crippen LogP contribution in [0.4, 0.5) is 0 Å². The minimum Gasteiger partial charge on any atom is -0.377 e. The van der Waals surface area contributed by atoms with Gasteiger partial charge in [-0.25, -0.2) is 0 Å². The van der Waals surface area contributed by atoms with Gasteiger partial charge in [0.1, 0.15) is 0 Å². The number of alkyl halides is 1. The van der Waals surface area contributed by atoms with Crippen molar-refractivity contribution in [2.45, 2.75) is 39.2 Å². The molecule has 0 aromatic carbocycles. The van der Waals surface area contributed by atoms with Gasteiger partial charge in [-0.2, -0.15) is 0 Å². The van der Waals surface area contributed by atoms with Gasteiger partial charge in [-0.05, 0) is 31.1 Å². The van der Waals surface area contributed by atoms with E-state index < -0.39 is 0 Å². The highest BCUT2D eigenvalue weighted by molar-refractivity contribution is 6.17. The van der Waals surface area contributed by atoms with Crippen LogP contribution in [0.3, 0.4) is 0 Å². The molecule has 12 heavy (non-hydrogen) atoms. The van der Waals surface area contributed by atoms with Gasteiger partial charge >= 0.3 is 0 Å². The first-order valence-electron chi connectivity index (χ1n) is 4.91. The number of hydrogen-bond acceptors (Lipinski definition) is 1. The van der Waals surface area contributed by atoms with Crippen molar-refractivity contribution in [1.29, 1.82) is 0 Å². The van der Waals surface area contributed by atoms with Gasteiger partial charge in [0.05, 0.1) is 12.7 Å². The van der Waals surface area contributed by atoms with Gasteiger partial charge in [-0.15, -0.1) is 11.6 Å². The van der Waals surface area contributed by atoms with Gasteiger partial charge in [0, 0.05) is 5.88 Å². The van der Waals surface area contributed by atoms with Gasteiger partial charge in [-0.1, -0.05) is 13.8 Å². The fourth-order valence-electron chi connectivity index (χ4n) is 1.86. The summed E-state index contributed by atoms with van der Waals surface area (Å²) in [4.78, 5) is 0. The predicted molar refractivity (Wildman–Crippen MR) is 52.6 cm³/mol. The molecule has 0 aromatic rings. The van der Waals surface area contributed by atoms with Gasteiger partial charge in [0.15, 0.2) is 0 Å². The third-order valence-corrected chi connectivity index (χ3v) is 3.14. The summed E-state index contributed by atoms with van der Waals surface area (Å²) in [5.41, 5.74) is 0. The molecule has 1 rings (SSSR count). The van der Waals surface area contributed by atoms with Gasteiger partial charge in [0.25, 0.3) is 0 Å². The topological polar surface area (TPSA) is 9.23 Å². The van der Waals surface area contributed by atoms with E-state index in [4.69, 9.17) is 16.3 Å². The molecule has 3 atom stereocenters. The molecule has 72 valence electrons. The van der Waals surface area contributed by atoms with E-state index in [0.717, 1.165) is 11.8 Å². The summed E-state index contributed by atoms with van der Waals surface area (Å²) in [6.07, 6.45) is 4.24. The average molecular weight is 191 g/mol. The third-order valence-electron chi connectivity index (χ3n) is 2.98. The number of rotatable bonds is 3. The van der Waals surface area contributed by atoms with Crippen LogP contribution in [-0.4, -0.2) is 18.6 Å². The maximum absolute atomic E-state index is 5.62. The Morgan fingerprint density at radius 2 is 2.00 bits per heavy atom. The molecule has 1 aliphatic carbocycles. The lowest BCUT2D eigenvalue weighted by molar-refractivity contribution is 0.0104. The Morgan fingerprint density at radius 1 is 1.25 bits per heavy atom. The van der Waals surface area contributed by atoms with E-state index in [1.165, 1.54) is 19.3 Å². The summed E-state index contributed by atoms with van der Waals surface area (Å²) in [6, 6.07) is 0. The quantitative estimate of drug-likeness (QED) is 0.622. The van der Waals surface area contributed by atoms with Crippen LogP contribution in [0.15, 0.2) is 0 Å². The lowest BCUT2D eigenvalue weighted by Gasteiger charge is -2.31. The SMILES string of the molecule is CC1CCC(OCCCl)CC1C. The minimum absolute atomic E-state index is 0.481. The molecule has 0 N–H and O–H groups in total. The van der Waals surface area contributed by atoms with Crippen LogP contribution >= 0.6 is 11.6 Å². The molecule has 2 heteroatoms. The highest BCUT2D eigenvalue weighted by Gasteiger charge is 2.24. The van der Waals surface area contributed by atoms with Gasteiger partial charge < -0.3 is 4.74 Å². The molecule has 1 aliphatic rings. The third kappa shape index (κ3) is 2.95.